The van der Waals surface area contributed by atoms with Crippen LogP contribution >= 0.6 is 56.9 Å². The number of hydrogen-bond donors (Lipinski definition) is 1. The van der Waals surface area contributed by atoms with Gasteiger partial charge in [-0.25, -0.2) is 0 Å². The van der Waals surface area contributed by atoms with Crippen LogP contribution in [-0.2, 0) is 4.79 Å². The minimum atomic E-state index is -0.199. The van der Waals surface area contributed by atoms with E-state index in [0.29, 0.717) is 10.1 Å². The lowest BCUT2D eigenvalue weighted by atomic mass is 10.2. The highest BCUT2D eigenvalue weighted by atomic mass is 127. The Hall–Kier alpha value is -1.60. The molecule has 1 heterocycles. The number of ether oxygens (including phenoxy) is 1. The number of carbonyl (C=O) groups excluding carboxylic acids is 1. The van der Waals surface area contributed by atoms with Crippen molar-refractivity contribution >= 4 is 86.0 Å². The maximum absolute atomic E-state index is 12.3. The minimum absolute atomic E-state index is 0.199. The topological polar surface area (TPSA) is 66.3 Å². The molecule has 2 aromatic rings. The van der Waals surface area contributed by atoms with Crippen molar-refractivity contribution in [3.63, 3.8) is 0 Å². The van der Waals surface area contributed by atoms with Gasteiger partial charge in [0.2, 0.25) is 0 Å². The number of thioether (sulfide) groups is 1. The van der Waals surface area contributed by atoms with Crippen molar-refractivity contribution in [1.29, 1.82) is 0 Å². The van der Waals surface area contributed by atoms with E-state index in [9.17, 15) is 4.79 Å². The number of nitrogens with zero attached hydrogens (tertiary/aromatic N) is 3. The molecule has 1 fully saturated rings. The quantitative estimate of drug-likeness (QED) is 0.227. The molecular weight excluding hydrogens is 614 g/mol. The Bertz CT molecular complexity index is 1020. The molecule has 1 aliphatic heterocycles. The van der Waals surface area contributed by atoms with Crippen LogP contribution in [-0.4, -0.2) is 38.5 Å². The first-order valence-electron chi connectivity index (χ1n) is 8.49. The largest absolute Gasteiger partial charge is 0.495 e. The molecule has 1 aliphatic rings. The van der Waals surface area contributed by atoms with E-state index in [4.69, 9.17) is 4.74 Å². The fourth-order valence-electron chi connectivity index (χ4n) is 2.53. The van der Waals surface area contributed by atoms with Gasteiger partial charge in [0.15, 0.2) is 5.17 Å². The van der Waals surface area contributed by atoms with Crippen LogP contribution in [0.25, 0.3) is 6.08 Å². The standard InChI is InChI=1S/C20H18I2N4O2S/c1-26(2)15-6-4-12(5-7-15)11-23-25-20-24-19(27)17(29-20)9-13-8-14(21)10-16(22)18(13)28-3/h4-11H,1-3H3,(H,24,25,27)/b17-9+,23-11-. The highest BCUT2D eigenvalue weighted by Gasteiger charge is 2.24. The van der Waals surface area contributed by atoms with Crippen LogP contribution in [0.1, 0.15) is 11.1 Å². The van der Waals surface area contributed by atoms with Gasteiger partial charge in [-0.2, -0.15) is 5.10 Å². The Kier molecular flexibility index (Phi) is 7.57. The van der Waals surface area contributed by atoms with Gasteiger partial charge in [-0.1, -0.05) is 12.1 Å². The summed E-state index contributed by atoms with van der Waals surface area (Å²) < 4.78 is 7.55. The van der Waals surface area contributed by atoms with Gasteiger partial charge in [0.25, 0.3) is 5.91 Å². The zero-order chi connectivity index (χ0) is 21.0. The Morgan fingerprint density at radius 3 is 2.55 bits per heavy atom. The maximum Gasteiger partial charge on any atom is 0.264 e. The van der Waals surface area contributed by atoms with E-state index in [-0.39, 0.29) is 5.91 Å². The zero-order valence-corrected chi connectivity index (χ0v) is 21.1. The molecule has 29 heavy (non-hydrogen) atoms. The van der Waals surface area contributed by atoms with Gasteiger partial charge in [-0.3, -0.25) is 10.1 Å². The highest BCUT2D eigenvalue weighted by Crippen LogP contribution is 2.33. The molecule has 0 aliphatic carbocycles. The average molecular weight is 632 g/mol. The summed E-state index contributed by atoms with van der Waals surface area (Å²) in [6, 6.07) is 12.0. The van der Waals surface area contributed by atoms with E-state index in [1.807, 2.05) is 61.5 Å². The lowest BCUT2D eigenvalue weighted by molar-refractivity contribution is -0.115. The van der Waals surface area contributed by atoms with E-state index >= 15 is 0 Å². The van der Waals surface area contributed by atoms with Crippen molar-refractivity contribution in [2.45, 2.75) is 0 Å². The molecule has 6 nitrogen and oxygen atoms in total. The van der Waals surface area contributed by atoms with Crippen molar-refractivity contribution in [2.24, 2.45) is 10.2 Å². The SMILES string of the molecule is COc1c(I)cc(I)cc1/C=C1/S/C(=N\N=C/c2ccc(N(C)C)cc2)NC1=O. The molecule has 0 bridgehead atoms. The van der Waals surface area contributed by atoms with Crippen molar-refractivity contribution in [2.75, 3.05) is 26.1 Å². The summed E-state index contributed by atoms with van der Waals surface area (Å²) >= 11 is 5.73. The summed E-state index contributed by atoms with van der Waals surface area (Å²) in [6.45, 7) is 0. The van der Waals surface area contributed by atoms with E-state index in [0.717, 1.165) is 29.7 Å². The Morgan fingerprint density at radius 2 is 1.90 bits per heavy atom. The number of rotatable bonds is 5. The second-order valence-electron chi connectivity index (χ2n) is 6.21. The third kappa shape index (κ3) is 5.72. The number of carbonyl (C=O) groups is 1. The fraction of sp³-hybridized carbons (Fsp3) is 0.150. The number of amidine groups is 1. The van der Waals surface area contributed by atoms with Gasteiger partial charge in [0.1, 0.15) is 5.75 Å². The lowest BCUT2D eigenvalue weighted by Gasteiger charge is -2.11. The molecule has 0 radical (unpaired) electrons. The molecule has 1 N–H and O–H groups in total. The average Bonchev–Trinajstić information content (AvgIpc) is 3.01. The van der Waals surface area contributed by atoms with Crippen LogP contribution in [0.2, 0.25) is 0 Å². The maximum atomic E-state index is 12.3. The van der Waals surface area contributed by atoms with Gasteiger partial charge in [0, 0.05) is 28.9 Å². The molecule has 0 spiro atoms. The zero-order valence-electron chi connectivity index (χ0n) is 15.9. The molecular formula is C20H18I2N4O2S. The van der Waals surface area contributed by atoms with Crippen molar-refractivity contribution in [3.05, 3.63) is 59.6 Å². The van der Waals surface area contributed by atoms with E-state index in [1.54, 1.807) is 13.3 Å². The smallest absolute Gasteiger partial charge is 0.264 e. The second-order valence-corrected chi connectivity index (χ2v) is 9.65. The number of methoxy groups -OCH3 is 1. The summed E-state index contributed by atoms with van der Waals surface area (Å²) in [4.78, 5) is 14.9. The molecule has 0 saturated carbocycles. The number of anilines is 1. The predicted molar refractivity (Wildman–Crippen MR) is 138 cm³/mol. The van der Waals surface area contributed by atoms with Crippen molar-refractivity contribution < 1.29 is 9.53 Å². The van der Waals surface area contributed by atoms with Gasteiger partial charge < -0.3 is 9.64 Å². The Morgan fingerprint density at radius 1 is 1.17 bits per heavy atom. The lowest BCUT2D eigenvalue weighted by Crippen LogP contribution is -2.19. The third-order valence-electron chi connectivity index (χ3n) is 3.94. The Balaban J connectivity index is 1.75. The number of halogens is 2. The van der Waals surface area contributed by atoms with E-state index in [1.165, 1.54) is 11.8 Å². The van der Waals surface area contributed by atoms with Crippen LogP contribution in [0.5, 0.6) is 5.75 Å². The molecule has 1 saturated heterocycles. The summed E-state index contributed by atoms with van der Waals surface area (Å²) in [5.41, 5.74) is 2.90. The van der Waals surface area contributed by atoms with Crippen LogP contribution in [0.15, 0.2) is 51.5 Å². The third-order valence-corrected chi connectivity index (χ3v) is 6.27. The second kappa shape index (κ2) is 9.94. The number of hydrogen-bond acceptors (Lipinski definition) is 6. The van der Waals surface area contributed by atoms with Crippen molar-refractivity contribution in [1.82, 2.24) is 5.32 Å². The predicted octanol–water partition coefficient (Wildman–Crippen LogP) is 4.56. The first-order chi connectivity index (χ1) is 13.9. The van der Waals surface area contributed by atoms with Crippen LogP contribution in [0, 0.1) is 7.14 Å². The van der Waals surface area contributed by atoms with Gasteiger partial charge >= 0.3 is 0 Å². The molecule has 0 atom stereocenters. The van der Waals surface area contributed by atoms with Gasteiger partial charge in [-0.05, 0) is 92.8 Å². The summed E-state index contributed by atoms with van der Waals surface area (Å²) in [7, 11) is 5.61. The molecule has 1 amide bonds. The number of benzene rings is 2. The van der Waals surface area contributed by atoms with E-state index in [2.05, 4.69) is 60.7 Å². The summed E-state index contributed by atoms with van der Waals surface area (Å²) in [5, 5.41) is 11.4. The monoisotopic (exact) mass is 632 g/mol. The first-order valence-corrected chi connectivity index (χ1v) is 11.5. The number of nitrogens with one attached hydrogen (secondary N) is 1. The Labute approximate surface area is 201 Å². The molecule has 2 aromatic carbocycles. The summed E-state index contributed by atoms with van der Waals surface area (Å²) in [5.74, 6) is 0.548. The first kappa shape index (κ1) is 22.1. The molecule has 9 heteroatoms. The van der Waals surface area contributed by atoms with Gasteiger partial charge in [0.05, 0.1) is 21.8 Å². The number of amides is 1. The van der Waals surface area contributed by atoms with Crippen LogP contribution in [0.4, 0.5) is 5.69 Å². The molecule has 0 aromatic heterocycles. The van der Waals surface area contributed by atoms with E-state index < -0.39 is 0 Å². The molecule has 3 rings (SSSR count). The highest BCUT2D eigenvalue weighted by molar-refractivity contribution is 14.1. The normalized spacial score (nSPS) is 16.7. The summed E-state index contributed by atoms with van der Waals surface area (Å²) in [6.07, 6.45) is 3.47. The van der Waals surface area contributed by atoms with Crippen LogP contribution < -0.4 is 15.0 Å². The van der Waals surface area contributed by atoms with Crippen molar-refractivity contribution in [3.8, 4) is 5.75 Å². The van der Waals surface area contributed by atoms with Gasteiger partial charge in [-0.15, -0.1) is 5.10 Å². The van der Waals surface area contributed by atoms with Crippen LogP contribution in [0.3, 0.4) is 0 Å². The molecule has 0 unspecified atom stereocenters. The minimum Gasteiger partial charge on any atom is -0.495 e. The fourth-order valence-corrected chi connectivity index (χ4v) is 5.41. The molecule has 150 valence electrons.